The van der Waals surface area contributed by atoms with Gasteiger partial charge in [0.1, 0.15) is 6.10 Å². The molecule has 0 amide bonds. The lowest BCUT2D eigenvalue weighted by Crippen LogP contribution is -2.69. The average Bonchev–Trinajstić information content (AvgIpc) is 3.46. The summed E-state index contributed by atoms with van der Waals surface area (Å²) in [6.45, 7) is 8.69. The second kappa shape index (κ2) is 15.3. The van der Waals surface area contributed by atoms with E-state index < -0.39 is 8.32 Å². The normalized spacial score (nSPS) is 19.6. The van der Waals surface area contributed by atoms with Gasteiger partial charge >= 0.3 is 0 Å². The van der Waals surface area contributed by atoms with Gasteiger partial charge in [-0.3, -0.25) is 0 Å². The van der Waals surface area contributed by atoms with Crippen LogP contribution in [-0.2, 0) is 27.1 Å². The Labute approximate surface area is 264 Å². The van der Waals surface area contributed by atoms with Gasteiger partial charge in [-0.25, -0.2) is 0 Å². The number of nitrogens with one attached hydrogen (secondary N) is 1. The van der Waals surface area contributed by atoms with Crippen molar-refractivity contribution >= 4 is 18.7 Å². The van der Waals surface area contributed by atoms with Gasteiger partial charge in [0.2, 0.25) is 0 Å². The molecule has 0 radical (unpaired) electrons. The van der Waals surface area contributed by atoms with Crippen molar-refractivity contribution in [2.24, 2.45) is 0 Å². The Balaban J connectivity index is 1.51. The molecule has 5 nitrogen and oxygen atoms in total. The molecule has 2 N–H and O–H groups in total. The van der Waals surface area contributed by atoms with Crippen molar-refractivity contribution in [1.29, 1.82) is 0 Å². The van der Waals surface area contributed by atoms with E-state index in [1.165, 1.54) is 10.4 Å². The van der Waals surface area contributed by atoms with Crippen LogP contribution in [0.2, 0.25) is 5.04 Å². The van der Waals surface area contributed by atoms with Gasteiger partial charge < -0.3 is 24.3 Å². The fraction of sp³-hybridized carbons (Fsp3) is 0.368. The number of ether oxygens (including phenoxy) is 2. The van der Waals surface area contributed by atoms with Crippen molar-refractivity contribution in [2.45, 2.75) is 76.2 Å². The molecule has 4 aromatic rings. The smallest absolute Gasteiger partial charge is 0.261 e. The van der Waals surface area contributed by atoms with Gasteiger partial charge in [0.25, 0.3) is 8.32 Å². The zero-order valence-corrected chi connectivity index (χ0v) is 27.3. The summed E-state index contributed by atoms with van der Waals surface area (Å²) >= 11 is 0. The van der Waals surface area contributed by atoms with Gasteiger partial charge in [-0.15, -0.1) is 0 Å². The van der Waals surface area contributed by atoms with E-state index in [0.717, 1.165) is 11.1 Å². The third-order valence-corrected chi connectivity index (χ3v) is 13.7. The van der Waals surface area contributed by atoms with Gasteiger partial charge in [0.05, 0.1) is 31.5 Å². The highest BCUT2D eigenvalue weighted by Gasteiger charge is 2.53. The van der Waals surface area contributed by atoms with E-state index in [0.29, 0.717) is 32.6 Å². The van der Waals surface area contributed by atoms with Crippen LogP contribution in [0.1, 0.15) is 44.7 Å². The Morgan fingerprint density at radius 1 is 0.727 bits per heavy atom. The van der Waals surface area contributed by atoms with Crippen LogP contribution >= 0.6 is 0 Å². The molecule has 0 saturated carbocycles. The van der Waals surface area contributed by atoms with Gasteiger partial charge in [-0.05, 0) is 39.4 Å². The number of rotatable bonds is 14. The van der Waals surface area contributed by atoms with E-state index in [9.17, 15) is 5.11 Å². The minimum atomic E-state index is -2.86. The molecule has 0 unspecified atom stereocenters. The third-order valence-electron chi connectivity index (χ3n) is 8.66. The number of hydrogen-bond acceptors (Lipinski definition) is 5. The molecule has 0 aromatic heterocycles. The second-order valence-corrected chi connectivity index (χ2v) is 17.0. The van der Waals surface area contributed by atoms with Crippen LogP contribution in [0.5, 0.6) is 0 Å². The minimum Gasteiger partial charge on any atom is -0.403 e. The molecule has 1 fully saturated rings. The van der Waals surface area contributed by atoms with E-state index in [1.807, 2.05) is 36.4 Å². The molecule has 0 bridgehead atoms. The quantitative estimate of drug-likeness (QED) is 0.176. The predicted molar refractivity (Wildman–Crippen MR) is 181 cm³/mol. The number of hydrogen-bond donors (Lipinski definition) is 2. The van der Waals surface area contributed by atoms with E-state index in [4.69, 9.17) is 13.9 Å². The zero-order chi connectivity index (χ0) is 30.8. The summed E-state index contributed by atoms with van der Waals surface area (Å²) in [6.07, 6.45) is 0.751. The summed E-state index contributed by atoms with van der Waals surface area (Å²) in [6, 6.07) is 42.0. The first-order chi connectivity index (χ1) is 21.4. The molecule has 232 valence electrons. The standard InChI is InChI=1S/C38H47NO4Si/c1-38(2,3)44(32-21-12-6-13-22-32,33-23-14-7-15-24-33)43-34(25-16-26-40)36-37(42-29-31-19-10-5-11-20-31)35(27-39-36)41-28-30-17-8-4-9-18-30/h4-15,17-24,34-37,39-40H,16,25-29H2,1-3H3/t34-,35-,36-,37-/m1/s1. The molecule has 6 heteroatoms. The molecule has 5 rings (SSSR count). The molecule has 1 saturated heterocycles. The van der Waals surface area contributed by atoms with Crippen molar-refractivity contribution < 1.29 is 19.0 Å². The summed E-state index contributed by atoms with van der Waals surface area (Å²) in [4.78, 5) is 0. The van der Waals surface area contributed by atoms with E-state index in [-0.39, 0.29) is 36.0 Å². The Kier molecular flexibility index (Phi) is 11.2. The monoisotopic (exact) mass is 609 g/mol. The molecule has 0 aliphatic carbocycles. The first kappa shape index (κ1) is 32.3. The second-order valence-electron chi connectivity index (χ2n) is 12.7. The maximum atomic E-state index is 10.0. The van der Waals surface area contributed by atoms with Gasteiger partial charge in [0.15, 0.2) is 0 Å². The lowest BCUT2D eigenvalue weighted by molar-refractivity contribution is -0.0824. The van der Waals surface area contributed by atoms with E-state index in [1.54, 1.807) is 0 Å². The van der Waals surface area contributed by atoms with Gasteiger partial charge in [0, 0.05) is 13.2 Å². The van der Waals surface area contributed by atoms with Crippen LogP contribution < -0.4 is 15.7 Å². The first-order valence-electron chi connectivity index (χ1n) is 15.9. The number of aliphatic hydroxyl groups is 1. The Morgan fingerprint density at radius 3 is 1.68 bits per heavy atom. The minimum absolute atomic E-state index is 0.108. The number of aliphatic hydroxyl groups excluding tert-OH is 1. The van der Waals surface area contributed by atoms with Gasteiger partial charge in [-0.2, -0.15) is 0 Å². The lowest BCUT2D eigenvalue weighted by Gasteiger charge is -2.47. The summed E-state index contributed by atoms with van der Waals surface area (Å²) in [5.41, 5.74) is 2.26. The predicted octanol–water partition coefficient (Wildman–Crippen LogP) is 5.85. The van der Waals surface area contributed by atoms with Crippen LogP contribution in [0, 0.1) is 0 Å². The van der Waals surface area contributed by atoms with Crippen molar-refractivity contribution in [3.05, 3.63) is 132 Å². The van der Waals surface area contributed by atoms with E-state index in [2.05, 4.69) is 111 Å². The molecular weight excluding hydrogens is 563 g/mol. The molecular formula is C38H47NO4Si. The van der Waals surface area contributed by atoms with Crippen LogP contribution in [0.25, 0.3) is 0 Å². The molecule has 1 aliphatic heterocycles. The van der Waals surface area contributed by atoms with E-state index >= 15 is 0 Å². The van der Waals surface area contributed by atoms with Crippen LogP contribution in [0.4, 0.5) is 0 Å². The maximum Gasteiger partial charge on any atom is 0.261 e. The van der Waals surface area contributed by atoms with Crippen molar-refractivity contribution in [3.63, 3.8) is 0 Å². The fourth-order valence-corrected chi connectivity index (χ4v) is 11.2. The highest BCUT2D eigenvalue weighted by Crippen LogP contribution is 2.39. The summed E-state index contributed by atoms with van der Waals surface area (Å²) in [7, 11) is -2.86. The molecule has 4 aromatic carbocycles. The molecule has 44 heavy (non-hydrogen) atoms. The highest BCUT2D eigenvalue weighted by molar-refractivity contribution is 6.99. The van der Waals surface area contributed by atoms with Crippen molar-refractivity contribution in [1.82, 2.24) is 5.32 Å². The molecule has 0 spiro atoms. The van der Waals surface area contributed by atoms with Crippen molar-refractivity contribution in [3.8, 4) is 0 Å². The first-order valence-corrected chi connectivity index (χ1v) is 17.8. The molecule has 4 atom stereocenters. The summed E-state index contributed by atoms with van der Waals surface area (Å²) < 4.78 is 21.0. The van der Waals surface area contributed by atoms with Crippen LogP contribution in [-0.4, -0.2) is 50.9 Å². The van der Waals surface area contributed by atoms with Gasteiger partial charge in [-0.1, -0.05) is 142 Å². The van der Waals surface area contributed by atoms with Crippen LogP contribution in [0.3, 0.4) is 0 Å². The Bertz CT molecular complexity index is 1340. The SMILES string of the molecule is CC(C)(C)[Si](O[C@H](CCCO)[C@H]1NC[C@@H](OCc2ccccc2)[C@H]1OCc1ccccc1)(c1ccccc1)c1ccccc1. The zero-order valence-electron chi connectivity index (χ0n) is 26.3. The largest absolute Gasteiger partial charge is 0.403 e. The fourth-order valence-electron chi connectivity index (χ4n) is 6.49. The molecule has 1 heterocycles. The Morgan fingerprint density at radius 2 is 1.20 bits per heavy atom. The maximum absolute atomic E-state index is 10.0. The Hall–Kier alpha value is -3.10. The lowest BCUT2D eigenvalue weighted by atomic mass is 10.0. The molecule has 1 aliphatic rings. The van der Waals surface area contributed by atoms with Crippen molar-refractivity contribution in [2.75, 3.05) is 13.2 Å². The third kappa shape index (κ3) is 7.57. The highest BCUT2D eigenvalue weighted by atomic mass is 28.4. The summed E-state index contributed by atoms with van der Waals surface area (Å²) in [5, 5.41) is 16.1. The topological polar surface area (TPSA) is 60.0 Å². The average molecular weight is 610 g/mol. The van der Waals surface area contributed by atoms with Crippen LogP contribution in [0.15, 0.2) is 121 Å². The number of benzene rings is 4. The summed E-state index contributed by atoms with van der Waals surface area (Å²) in [5.74, 6) is 0.